The predicted molar refractivity (Wildman–Crippen MR) is 99.9 cm³/mol. The molecule has 1 N–H and O–H groups in total. The second-order valence-electron chi connectivity index (χ2n) is 6.63. The molecule has 2 heterocycles. The van der Waals surface area contributed by atoms with Crippen molar-refractivity contribution in [1.29, 1.82) is 0 Å². The molecule has 6 heteroatoms. The zero-order valence-electron chi connectivity index (χ0n) is 15.3. The number of carbonyl (C=O) groups excluding carboxylic acids is 2. The summed E-state index contributed by atoms with van der Waals surface area (Å²) in [6.45, 7) is 4.28. The minimum atomic E-state index is -0.230. The third kappa shape index (κ3) is 4.31. The van der Waals surface area contributed by atoms with Gasteiger partial charge in [0.2, 0.25) is 5.91 Å². The summed E-state index contributed by atoms with van der Waals surface area (Å²) in [4.78, 5) is 26.6. The van der Waals surface area contributed by atoms with Crippen LogP contribution in [0.3, 0.4) is 0 Å². The van der Waals surface area contributed by atoms with Crippen LogP contribution in [-0.4, -0.2) is 46.1 Å². The van der Waals surface area contributed by atoms with Crippen LogP contribution in [0.4, 0.5) is 0 Å². The lowest BCUT2D eigenvalue weighted by atomic mass is 10.1. The monoisotopic (exact) mass is 354 g/mol. The van der Waals surface area contributed by atoms with E-state index < -0.39 is 0 Å². The first-order valence-corrected chi connectivity index (χ1v) is 9.33. The van der Waals surface area contributed by atoms with Gasteiger partial charge >= 0.3 is 0 Å². The van der Waals surface area contributed by atoms with Gasteiger partial charge in [-0.15, -0.1) is 0 Å². The number of carbonyl (C=O) groups is 2. The van der Waals surface area contributed by atoms with E-state index in [4.69, 9.17) is 0 Å². The molecule has 1 saturated heterocycles. The fourth-order valence-electron chi connectivity index (χ4n) is 3.37. The molecule has 1 aliphatic heterocycles. The minimum absolute atomic E-state index is 0.00669. The second kappa shape index (κ2) is 8.65. The van der Waals surface area contributed by atoms with Gasteiger partial charge in [0.1, 0.15) is 0 Å². The molecule has 2 amide bonds. The molecule has 0 atom stereocenters. The Labute approximate surface area is 154 Å². The van der Waals surface area contributed by atoms with Crippen LogP contribution in [0.2, 0.25) is 0 Å². The largest absolute Gasteiger partial charge is 0.343 e. The number of rotatable bonds is 6. The highest BCUT2D eigenvalue weighted by Crippen LogP contribution is 2.13. The molecule has 0 unspecified atom stereocenters. The maximum Gasteiger partial charge on any atom is 0.255 e. The predicted octanol–water partition coefficient (Wildman–Crippen LogP) is 2.24. The van der Waals surface area contributed by atoms with Crippen molar-refractivity contribution < 1.29 is 9.59 Å². The molecule has 0 aliphatic carbocycles. The molecule has 0 radical (unpaired) electrons. The lowest BCUT2D eigenvalue weighted by Crippen LogP contribution is -2.42. The Bertz CT molecular complexity index is 748. The van der Waals surface area contributed by atoms with Crippen molar-refractivity contribution in [3.05, 3.63) is 53.3 Å². The average molecular weight is 354 g/mol. The van der Waals surface area contributed by atoms with E-state index in [-0.39, 0.29) is 18.4 Å². The summed E-state index contributed by atoms with van der Waals surface area (Å²) >= 11 is 0. The number of amides is 2. The van der Waals surface area contributed by atoms with Crippen LogP contribution in [0, 0.1) is 0 Å². The number of nitrogens with zero attached hydrogens (tertiary/aromatic N) is 3. The van der Waals surface area contributed by atoms with Crippen LogP contribution >= 0.6 is 0 Å². The number of piperidine rings is 1. The Balaban J connectivity index is 1.62. The van der Waals surface area contributed by atoms with Crippen molar-refractivity contribution in [2.24, 2.45) is 0 Å². The Hall–Kier alpha value is -2.63. The summed E-state index contributed by atoms with van der Waals surface area (Å²) in [5.41, 5.74) is 2.57. The molecule has 3 rings (SSSR count). The summed E-state index contributed by atoms with van der Waals surface area (Å²) < 4.78 is 1.86. The summed E-state index contributed by atoms with van der Waals surface area (Å²) in [6.07, 6.45) is 5.58. The fraction of sp³-hybridized carbons (Fsp3) is 0.450. The average Bonchev–Trinajstić information content (AvgIpc) is 3.10. The lowest BCUT2D eigenvalue weighted by Gasteiger charge is -2.26. The summed E-state index contributed by atoms with van der Waals surface area (Å²) in [5.74, 6) is -0.237. The molecule has 1 aliphatic rings. The van der Waals surface area contributed by atoms with E-state index in [1.165, 1.54) is 6.42 Å². The second-order valence-corrected chi connectivity index (χ2v) is 6.63. The maximum absolute atomic E-state index is 12.5. The van der Waals surface area contributed by atoms with Crippen LogP contribution in [0.25, 0.3) is 0 Å². The molecule has 0 saturated carbocycles. The van der Waals surface area contributed by atoms with Gasteiger partial charge in [-0.2, -0.15) is 5.10 Å². The van der Waals surface area contributed by atoms with Crippen molar-refractivity contribution >= 4 is 11.8 Å². The number of hydrogen-bond acceptors (Lipinski definition) is 3. The van der Waals surface area contributed by atoms with Crippen molar-refractivity contribution in [2.75, 3.05) is 19.6 Å². The molecular formula is C20H26N4O2. The highest BCUT2D eigenvalue weighted by Gasteiger charge is 2.20. The first-order chi connectivity index (χ1) is 12.7. The Morgan fingerprint density at radius 1 is 1.12 bits per heavy atom. The van der Waals surface area contributed by atoms with Crippen LogP contribution in [0.15, 0.2) is 36.5 Å². The van der Waals surface area contributed by atoms with Crippen LogP contribution in [0.5, 0.6) is 0 Å². The molecule has 1 fully saturated rings. The molecule has 1 aromatic heterocycles. The lowest BCUT2D eigenvalue weighted by molar-refractivity contribution is -0.130. The number of aromatic nitrogens is 2. The molecule has 0 spiro atoms. The van der Waals surface area contributed by atoms with Crippen LogP contribution in [-0.2, 0) is 17.8 Å². The number of likely N-dealkylation sites (tertiary alicyclic amines) is 1. The molecule has 26 heavy (non-hydrogen) atoms. The van der Waals surface area contributed by atoms with Gasteiger partial charge in [0.25, 0.3) is 5.91 Å². The molecule has 1 aromatic carbocycles. The van der Waals surface area contributed by atoms with Crippen LogP contribution in [0.1, 0.15) is 47.8 Å². The third-order valence-corrected chi connectivity index (χ3v) is 4.81. The highest BCUT2D eigenvalue weighted by molar-refractivity contribution is 5.97. The zero-order valence-corrected chi connectivity index (χ0v) is 15.3. The third-order valence-electron chi connectivity index (χ3n) is 4.81. The van der Waals surface area contributed by atoms with Crippen molar-refractivity contribution in [3.8, 4) is 0 Å². The van der Waals surface area contributed by atoms with Crippen molar-refractivity contribution in [2.45, 2.75) is 39.2 Å². The first-order valence-electron chi connectivity index (χ1n) is 9.33. The van der Waals surface area contributed by atoms with E-state index in [9.17, 15) is 9.59 Å². The van der Waals surface area contributed by atoms with Gasteiger partial charge in [0.05, 0.1) is 30.5 Å². The molecule has 6 nitrogen and oxygen atoms in total. The van der Waals surface area contributed by atoms with E-state index in [1.807, 2.05) is 46.8 Å². The summed E-state index contributed by atoms with van der Waals surface area (Å²) in [6, 6.07) is 10.0. The zero-order chi connectivity index (χ0) is 18.4. The molecule has 2 aromatic rings. The van der Waals surface area contributed by atoms with Gasteiger partial charge in [0, 0.05) is 13.1 Å². The van der Waals surface area contributed by atoms with Crippen LogP contribution < -0.4 is 5.32 Å². The molecule has 138 valence electrons. The van der Waals surface area contributed by atoms with Gasteiger partial charge in [-0.3, -0.25) is 14.3 Å². The topological polar surface area (TPSA) is 67.2 Å². The maximum atomic E-state index is 12.5. The van der Waals surface area contributed by atoms with Crippen molar-refractivity contribution in [1.82, 2.24) is 20.0 Å². The fourth-order valence-corrected chi connectivity index (χ4v) is 3.37. The van der Waals surface area contributed by atoms with Gasteiger partial charge in [-0.05, 0) is 31.2 Å². The molecular weight excluding hydrogens is 328 g/mol. The van der Waals surface area contributed by atoms with Gasteiger partial charge in [0.15, 0.2) is 0 Å². The van der Waals surface area contributed by atoms with Gasteiger partial charge in [-0.25, -0.2) is 0 Å². The smallest absolute Gasteiger partial charge is 0.255 e. The van der Waals surface area contributed by atoms with E-state index >= 15 is 0 Å². The number of benzene rings is 1. The van der Waals surface area contributed by atoms with E-state index in [2.05, 4.69) is 10.4 Å². The minimum Gasteiger partial charge on any atom is -0.343 e. The normalized spacial score (nSPS) is 14.3. The SMILES string of the molecule is CCc1c(C(=O)NCC(=O)N2CCCCC2)cnn1Cc1ccccc1. The number of hydrogen-bond donors (Lipinski definition) is 1. The van der Waals surface area contributed by atoms with Gasteiger partial charge < -0.3 is 10.2 Å². The number of nitrogens with one attached hydrogen (secondary N) is 1. The van der Waals surface area contributed by atoms with E-state index in [1.54, 1.807) is 6.20 Å². The highest BCUT2D eigenvalue weighted by atomic mass is 16.2. The Kier molecular flexibility index (Phi) is 6.04. The standard InChI is InChI=1S/C20H26N4O2/c1-2-18-17(13-22-24(18)15-16-9-5-3-6-10-16)20(26)21-14-19(25)23-11-7-4-8-12-23/h3,5-6,9-10,13H,2,4,7-8,11-12,14-15H2,1H3,(H,21,26). The van der Waals surface area contributed by atoms with Crippen molar-refractivity contribution in [3.63, 3.8) is 0 Å². The van der Waals surface area contributed by atoms with Gasteiger partial charge in [-0.1, -0.05) is 37.3 Å². The first kappa shape index (κ1) is 18.2. The molecule has 0 bridgehead atoms. The van der Waals surface area contributed by atoms with E-state index in [0.717, 1.165) is 37.2 Å². The quantitative estimate of drug-likeness (QED) is 0.865. The Morgan fingerprint density at radius 2 is 1.85 bits per heavy atom. The summed E-state index contributed by atoms with van der Waals surface area (Å²) in [7, 11) is 0. The van der Waals surface area contributed by atoms with E-state index in [0.29, 0.717) is 18.5 Å². The summed E-state index contributed by atoms with van der Waals surface area (Å²) in [5, 5.41) is 7.15. The Morgan fingerprint density at radius 3 is 2.54 bits per heavy atom.